The van der Waals surface area contributed by atoms with Crippen LogP contribution in [0.15, 0.2) is 18.2 Å². The van der Waals surface area contributed by atoms with Crippen LogP contribution < -0.4 is 5.32 Å². The lowest BCUT2D eigenvalue weighted by atomic mass is 10.0. The Morgan fingerprint density at radius 2 is 2.07 bits per heavy atom. The number of rotatable bonds is 3. The van der Waals surface area contributed by atoms with E-state index in [0.29, 0.717) is 0 Å². The second-order valence-electron chi connectivity index (χ2n) is 3.54. The Bertz CT molecular complexity index is 331. The zero-order valence-corrected chi connectivity index (χ0v) is 9.05. The molecule has 1 aromatic rings. The van der Waals surface area contributed by atoms with E-state index in [4.69, 9.17) is 0 Å². The number of hydrogen-bond donors (Lipinski definition) is 1. The molecule has 0 aliphatic carbocycles. The second-order valence-corrected chi connectivity index (χ2v) is 3.54. The maximum atomic E-state index is 11.4. The van der Waals surface area contributed by atoms with Gasteiger partial charge in [-0.25, -0.2) is 0 Å². The third-order valence-corrected chi connectivity index (χ3v) is 2.17. The highest BCUT2D eigenvalue weighted by molar-refractivity contribution is 5.94. The van der Waals surface area contributed by atoms with Gasteiger partial charge in [0.1, 0.15) is 0 Å². The molecule has 0 fully saturated rings. The van der Waals surface area contributed by atoms with Crippen molar-refractivity contribution in [3.05, 3.63) is 34.9 Å². The summed E-state index contributed by atoms with van der Waals surface area (Å²) < 4.78 is 0. The summed E-state index contributed by atoms with van der Waals surface area (Å²) in [5, 5.41) is 2.64. The third-order valence-electron chi connectivity index (χ3n) is 2.17. The summed E-state index contributed by atoms with van der Waals surface area (Å²) in [4.78, 5) is 11.4. The van der Waals surface area contributed by atoms with Crippen molar-refractivity contribution in [3.8, 4) is 0 Å². The predicted molar refractivity (Wildman–Crippen MR) is 58.6 cm³/mol. The summed E-state index contributed by atoms with van der Waals surface area (Å²) in [6.45, 7) is 4.16. The SMILES string of the molecule is CCCc1cc(C)cc(C(=O)NC)c1. The van der Waals surface area contributed by atoms with E-state index in [1.165, 1.54) is 5.56 Å². The number of aryl methyl sites for hydroxylation is 2. The monoisotopic (exact) mass is 191 g/mol. The van der Waals surface area contributed by atoms with Crippen molar-refractivity contribution in [3.63, 3.8) is 0 Å². The fourth-order valence-corrected chi connectivity index (χ4v) is 1.57. The van der Waals surface area contributed by atoms with Crippen LogP contribution in [0.1, 0.15) is 34.8 Å². The minimum absolute atomic E-state index is 0.00828. The van der Waals surface area contributed by atoms with Gasteiger partial charge in [0.15, 0.2) is 0 Å². The summed E-state index contributed by atoms with van der Waals surface area (Å²) in [6, 6.07) is 6.02. The Morgan fingerprint density at radius 3 is 2.64 bits per heavy atom. The smallest absolute Gasteiger partial charge is 0.251 e. The van der Waals surface area contributed by atoms with Crippen LogP contribution in [0.5, 0.6) is 0 Å². The molecule has 1 N–H and O–H groups in total. The van der Waals surface area contributed by atoms with E-state index in [2.05, 4.69) is 18.3 Å². The first-order valence-corrected chi connectivity index (χ1v) is 5.00. The van der Waals surface area contributed by atoms with Gasteiger partial charge in [0.2, 0.25) is 0 Å². The highest BCUT2D eigenvalue weighted by Crippen LogP contribution is 2.11. The Kier molecular flexibility index (Phi) is 3.69. The lowest BCUT2D eigenvalue weighted by molar-refractivity contribution is 0.0963. The highest BCUT2D eigenvalue weighted by atomic mass is 16.1. The molecular formula is C12H17NO. The largest absolute Gasteiger partial charge is 0.355 e. The van der Waals surface area contributed by atoms with Gasteiger partial charge in [-0.1, -0.05) is 25.0 Å². The number of benzene rings is 1. The van der Waals surface area contributed by atoms with E-state index in [1.807, 2.05) is 19.1 Å². The maximum absolute atomic E-state index is 11.4. The van der Waals surface area contributed by atoms with Gasteiger partial charge in [0.25, 0.3) is 5.91 Å². The first-order valence-electron chi connectivity index (χ1n) is 5.00. The average Bonchev–Trinajstić information content (AvgIpc) is 2.16. The van der Waals surface area contributed by atoms with Gasteiger partial charge in [-0.2, -0.15) is 0 Å². The minimum atomic E-state index is -0.00828. The van der Waals surface area contributed by atoms with Gasteiger partial charge < -0.3 is 5.32 Å². The van der Waals surface area contributed by atoms with E-state index in [1.54, 1.807) is 7.05 Å². The molecule has 2 nitrogen and oxygen atoms in total. The van der Waals surface area contributed by atoms with Crippen LogP contribution >= 0.6 is 0 Å². The Labute approximate surface area is 85.3 Å². The minimum Gasteiger partial charge on any atom is -0.355 e. The summed E-state index contributed by atoms with van der Waals surface area (Å²) >= 11 is 0. The van der Waals surface area contributed by atoms with Crippen molar-refractivity contribution < 1.29 is 4.79 Å². The van der Waals surface area contributed by atoms with Gasteiger partial charge in [-0.3, -0.25) is 4.79 Å². The maximum Gasteiger partial charge on any atom is 0.251 e. The van der Waals surface area contributed by atoms with Crippen LogP contribution in [-0.4, -0.2) is 13.0 Å². The fourth-order valence-electron chi connectivity index (χ4n) is 1.57. The number of carbonyl (C=O) groups excluding carboxylic acids is 1. The molecule has 1 amide bonds. The summed E-state index contributed by atoms with van der Waals surface area (Å²) in [5.74, 6) is -0.00828. The van der Waals surface area contributed by atoms with Crippen LogP contribution in [0.4, 0.5) is 0 Å². The number of nitrogens with one attached hydrogen (secondary N) is 1. The molecule has 14 heavy (non-hydrogen) atoms. The van der Waals surface area contributed by atoms with Crippen molar-refractivity contribution in [1.29, 1.82) is 0 Å². The molecule has 0 spiro atoms. The van der Waals surface area contributed by atoms with Crippen LogP contribution in [0.2, 0.25) is 0 Å². The van der Waals surface area contributed by atoms with Crippen molar-refractivity contribution in [2.45, 2.75) is 26.7 Å². The molecule has 1 aromatic carbocycles. The molecule has 0 atom stereocenters. The third kappa shape index (κ3) is 2.59. The van der Waals surface area contributed by atoms with Crippen LogP contribution in [0.3, 0.4) is 0 Å². The van der Waals surface area contributed by atoms with Crippen molar-refractivity contribution in [2.75, 3.05) is 7.05 Å². The van der Waals surface area contributed by atoms with E-state index in [9.17, 15) is 4.79 Å². The zero-order chi connectivity index (χ0) is 10.6. The standard InChI is InChI=1S/C12H17NO/c1-4-5-10-6-9(2)7-11(8-10)12(14)13-3/h6-8H,4-5H2,1-3H3,(H,13,14). The van der Waals surface area contributed by atoms with Crippen molar-refractivity contribution >= 4 is 5.91 Å². The predicted octanol–water partition coefficient (Wildman–Crippen LogP) is 2.31. The number of carbonyl (C=O) groups is 1. The second kappa shape index (κ2) is 4.80. The highest BCUT2D eigenvalue weighted by Gasteiger charge is 2.04. The first-order chi connectivity index (χ1) is 6.67. The fraction of sp³-hybridized carbons (Fsp3) is 0.417. The molecule has 0 radical (unpaired) electrons. The molecule has 0 unspecified atom stereocenters. The van der Waals surface area contributed by atoms with Gasteiger partial charge in [-0.15, -0.1) is 0 Å². The summed E-state index contributed by atoms with van der Waals surface area (Å²) in [5.41, 5.74) is 3.15. The van der Waals surface area contributed by atoms with E-state index >= 15 is 0 Å². The molecule has 0 bridgehead atoms. The summed E-state index contributed by atoms with van der Waals surface area (Å²) in [7, 11) is 1.66. The van der Waals surface area contributed by atoms with Gasteiger partial charge >= 0.3 is 0 Å². The Hall–Kier alpha value is -1.31. The molecule has 0 saturated heterocycles. The molecule has 0 heterocycles. The average molecular weight is 191 g/mol. The van der Waals surface area contributed by atoms with Crippen molar-refractivity contribution in [2.24, 2.45) is 0 Å². The Balaban J connectivity index is 3.00. The van der Waals surface area contributed by atoms with E-state index < -0.39 is 0 Å². The van der Waals surface area contributed by atoms with Crippen LogP contribution in [0.25, 0.3) is 0 Å². The molecular weight excluding hydrogens is 174 g/mol. The molecule has 0 aliphatic rings. The van der Waals surface area contributed by atoms with Crippen molar-refractivity contribution in [1.82, 2.24) is 5.32 Å². The van der Waals surface area contributed by atoms with Gasteiger partial charge in [0.05, 0.1) is 0 Å². The van der Waals surface area contributed by atoms with Crippen LogP contribution in [0, 0.1) is 6.92 Å². The Morgan fingerprint density at radius 1 is 1.36 bits per heavy atom. The topological polar surface area (TPSA) is 29.1 Å². The van der Waals surface area contributed by atoms with Gasteiger partial charge in [-0.05, 0) is 31.0 Å². The molecule has 76 valence electrons. The molecule has 2 heteroatoms. The summed E-state index contributed by atoms with van der Waals surface area (Å²) in [6.07, 6.45) is 2.14. The molecule has 1 rings (SSSR count). The quantitative estimate of drug-likeness (QED) is 0.780. The molecule has 0 aromatic heterocycles. The zero-order valence-electron chi connectivity index (χ0n) is 9.05. The number of hydrogen-bond acceptors (Lipinski definition) is 1. The van der Waals surface area contributed by atoms with E-state index in [-0.39, 0.29) is 5.91 Å². The molecule has 0 saturated carbocycles. The first kappa shape index (κ1) is 10.8. The number of amides is 1. The lowest BCUT2D eigenvalue weighted by Crippen LogP contribution is -2.18. The normalized spacial score (nSPS) is 9.93. The van der Waals surface area contributed by atoms with Crippen LogP contribution in [-0.2, 0) is 6.42 Å². The van der Waals surface area contributed by atoms with E-state index in [0.717, 1.165) is 24.0 Å². The molecule has 0 aliphatic heterocycles. The lowest BCUT2D eigenvalue weighted by Gasteiger charge is -2.05. The van der Waals surface area contributed by atoms with Gasteiger partial charge in [0, 0.05) is 12.6 Å².